The molecule has 21 heavy (non-hydrogen) atoms. The molecule has 112 valence electrons. The minimum atomic E-state index is 0.0865. The zero-order valence-corrected chi connectivity index (χ0v) is 12.4. The van der Waals surface area contributed by atoms with Crippen LogP contribution in [0.5, 0.6) is 0 Å². The number of amides is 1. The van der Waals surface area contributed by atoms with Crippen LogP contribution in [0.2, 0.25) is 0 Å². The molecule has 0 atom stereocenters. The monoisotopic (exact) mass is 285 g/mol. The number of piperidine rings is 1. The van der Waals surface area contributed by atoms with Gasteiger partial charge in [-0.15, -0.1) is 6.42 Å². The molecule has 1 aliphatic carbocycles. The van der Waals surface area contributed by atoms with Gasteiger partial charge < -0.3 is 14.8 Å². The Morgan fingerprint density at radius 3 is 2.81 bits per heavy atom. The van der Waals surface area contributed by atoms with E-state index in [2.05, 4.69) is 15.8 Å². The van der Waals surface area contributed by atoms with E-state index in [1.807, 2.05) is 23.2 Å². The lowest BCUT2D eigenvalue weighted by Gasteiger charge is -2.27. The topological polar surface area (TPSA) is 37.3 Å². The third kappa shape index (κ3) is 3.30. The molecule has 2 aliphatic rings. The van der Waals surface area contributed by atoms with Gasteiger partial charge in [0.15, 0.2) is 0 Å². The Kier molecular flexibility index (Phi) is 4.31. The van der Waals surface area contributed by atoms with Crippen molar-refractivity contribution in [1.29, 1.82) is 0 Å². The van der Waals surface area contributed by atoms with E-state index in [0.717, 1.165) is 38.2 Å². The van der Waals surface area contributed by atoms with Crippen LogP contribution in [0.25, 0.3) is 0 Å². The van der Waals surface area contributed by atoms with E-state index in [0.29, 0.717) is 18.5 Å². The van der Waals surface area contributed by atoms with E-state index < -0.39 is 0 Å². The molecule has 0 bridgehead atoms. The second kappa shape index (κ2) is 6.36. The van der Waals surface area contributed by atoms with Crippen molar-refractivity contribution >= 4 is 5.91 Å². The minimum Gasteiger partial charge on any atom is -0.340 e. The SMILES string of the molecule is C#CCN(CC1CC1)C(=O)c1cccn1C1CCNCC1. The first-order valence-corrected chi connectivity index (χ1v) is 7.90. The van der Waals surface area contributed by atoms with Gasteiger partial charge in [0.05, 0.1) is 6.54 Å². The lowest BCUT2D eigenvalue weighted by atomic mass is 10.1. The lowest BCUT2D eigenvalue weighted by Crippen LogP contribution is -2.36. The summed E-state index contributed by atoms with van der Waals surface area (Å²) in [5.41, 5.74) is 0.790. The predicted molar refractivity (Wildman–Crippen MR) is 83.0 cm³/mol. The average molecular weight is 285 g/mol. The molecule has 1 saturated heterocycles. The van der Waals surface area contributed by atoms with Crippen molar-refractivity contribution < 1.29 is 4.79 Å². The van der Waals surface area contributed by atoms with Gasteiger partial charge in [-0.05, 0) is 56.8 Å². The Hall–Kier alpha value is -1.73. The van der Waals surface area contributed by atoms with Gasteiger partial charge in [-0.3, -0.25) is 4.79 Å². The Morgan fingerprint density at radius 1 is 1.38 bits per heavy atom. The van der Waals surface area contributed by atoms with Crippen LogP contribution in [0.1, 0.15) is 42.2 Å². The number of carbonyl (C=O) groups is 1. The van der Waals surface area contributed by atoms with Gasteiger partial charge in [0, 0.05) is 18.8 Å². The maximum atomic E-state index is 12.8. The highest BCUT2D eigenvalue weighted by molar-refractivity contribution is 5.93. The second-order valence-electron chi connectivity index (χ2n) is 6.12. The first kappa shape index (κ1) is 14.2. The number of hydrogen-bond acceptors (Lipinski definition) is 2. The Bertz CT molecular complexity index is 532. The number of hydrogen-bond donors (Lipinski definition) is 1. The molecule has 2 fully saturated rings. The van der Waals surface area contributed by atoms with Crippen molar-refractivity contribution in [2.24, 2.45) is 5.92 Å². The first-order chi connectivity index (χ1) is 10.3. The van der Waals surface area contributed by atoms with Gasteiger partial charge in [-0.25, -0.2) is 0 Å². The van der Waals surface area contributed by atoms with Crippen LogP contribution in [0.15, 0.2) is 18.3 Å². The molecule has 1 aromatic heterocycles. The molecule has 1 aromatic rings. The fourth-order valence-electron chi connectivity index (χ4n) is 3.08. The summed E-state index contributed by atoms with van der Waals surface area (Å²) in [4.78, 5) is 14.7. The van der Waals surface area contributed by atoms with E-state index >= 15 is 0 Å². The maximum Gasteiger partial charge on any atom is 0.271 e. The number of rotatable bonds is 5. The van der Waals surface area contributed by atoms with Gasteiger partial charge >= 0.3 is 0 Å². The van der Waals surface area contributed by atoms with Crippen LogP contribution in [-0.4, -0.2) is 41.6 Å². The third-order valence-corrected chi connectivity index (χ3v) is 4.44. The Morgan fingerprint density at radius 2 is 2.14 bits per heavy atom. The molecule has 1 N–H and O–H groups in total. The normalized spacial score (nSPS) is 19.2. The van der Waals surface area contributed by atoms with E-state index in [1.54, 1.807) is 0 Å². The summed E-state index contributed by atoms with van der Waals surface area (Å²) in [6, 6.07) is 4.33. The average Bonchev–Trinajstić information content (AvgIpc) is 3.20. The number of aromatic nitrogens is 1. The highest BCUT2D eigenvalue weighted by atomic mass is 16.2. The van der Waals surface area contributed by atoms with Crippen LogP contribution >= 0.6 is 0 Å². The van der Waals surface area contributed by atoms with Crippen LogP contribution in [-0.2, 0) is 0 Å². The van der Waals surface area contributed by atoms with E-state index in [4.69, 9.17) is 6.42 Å². The van der Waals surface area contributed by atoms with Gasteiger partial charge in [0.25, 0.3) is 5.91 Å². The van der Waals surface area contributed by atoms with Crippen molar-refractivity contribution in [1.82, 2.24) is 14.8 Å². The summed E-state index contributed by atoms with van der Waals surface area (Å²) >= 11 is 0. The predicted octanol–water partition coefficient (Wildman–Crippen LogP) is 1.90. The van der Waals surface area contributed by atoms with Crippen LogP contribution in [0, 0.1) is 18.3 Å². The van der Waals surface area contributed by atoms with Gasteiger partial charge in [-0.1, -0.05) is 5.92 Å². The second-order valence-corrected chi connectivity index (χ2v) is 6.12. The van der Waals surface area contributed by atoms with Gasteiger partial charge in [0.2, 0.25) is 0 Å². The molecular weight excluding hydrogens is 262 g/mol. The summed E-state index contributed by atoms with van der Waals surface area (Å²) in [5.74, 6) is 3.37. The minimum absolute atomic E-state index is 0.0865. The number of carbonyl (C=O) groups excluding carboxylic acids is 1. The quantitative estimate of drug-likeness (QED) is 0.839. The lowest BCUT2D eigenvalue weighted by molar-refractivity contribution is 0.0755. The van der Waals surface area contributed by atoms with Gasteiger partial charge in [0.1, 0.15) is 5.69 Å². The molecule has 0 spiro atoms. The fourth-order valence-corrected chi connectivity index (χ4v) is 3.08. The summed E-state index contributed by atoms with van der Waals surface area (Å²) in [7, 11) is 0. The highest BCUT2D eigenvalue weighted by Crippen LogP contribution is 2.30. The number of nitrogens with one attached hydrogen (secondary N) is 1. The van der Waals surface area contributed by atoms with Crippen molar-refractivity contribution in [2.75, 3.05) is 26.2 Å². The largest absolute Gasteiger partial charge is 0.340 e. The summed E-state index contributed by atoms with van der Waals surface area (Å²) in [6.45, 7) is 3.26. The standard InChI is InChI=1S/C17H23N3O/c1-2-11-19(13-14-5-6-14)17(21)16-4-3-12-20(16)15-7-9-18-10-8-15/h1,3-4,12,14-15,18H,5-11,13H2. The van der Waals surface area contributed by atoms with Crippen molar-refractivity contribution in [3.8, 4) is 12.3 Å². The van der Waals surface area contributed by atoms with E-state index in [9.17, 15) is 4.79 Å². The summed E-state index contributed by atoms with van der Waals surface area (Å²) in [5, 5.41) is 3.37. The van der Waals surface area contributed by atoms with Crippen molar-refractivity contribution in [3.63, 3.8) is 0 Å². The maximum absolute atomic E-state index is 12.8. The molecule has 3 rings (SSSR count). The molecule has 1 amide bonds. The number of terminal acetylenes is 1. The number of nitrogens with zero attached hydrogens (tertiary/aromatic N) is 2. The van der Waals surface area contributed by atoms with Crippen LogP contribution in [0.4, 0.5) is 0 Å². The Balaban J connectivity index is 1.76. The van der Waals surface area contributed by atoms with Crippen LogP contribution < -0.4 is 5.32 Å². The molecule has 0 radical (unpaired) electrons. The van der Waals surface area contributed by atoms with Crippen LogP contribution in [0.3, 0.4) is 0 Å². The summed E-state index contributed by atoms with van der Waals surface area (Å²) < 4.78 is 2.15. The smallest absolute Gasteiger partial charge is 0.271 e. The van der Waals surface area contributed by atoms with Gasteiger partial charge in [-0.2, -0.15) is 0 Å². The fraction of sp³-hybridized carbons (Fsp3) is 0.588. The third-order valence-electron chi connectivity index (χ3n) is 4.44. The van der Waals surface area contributed by atoms with E-state index in [1.165, 1.54) is 12.8 Å². The molecule has 2 heterocycles. The molecule has 0 unspecified atom stereocenters. The zero-order valence-electron chi connectivity index (χ0n) is 12.4. The van der Waals surface area contributed by atoms with Crippen molar-refractivity contribution in [2.45, 2.75) is 31.7 Å². The molecule has 1 aliphatic heterocycles. The Labute approximate surface area is 126 Å². The first-order valence-electron chi connectivity index (χ1n) is 7.90. The zero-order chi connectivity index (χ0) is 14.7. The van der Waals surface area contributed by atoms with E-state index in [-0.39, 0.29) is 5.91 Å². The van der Waals surface area contributed by atoms with Crippen molar-refractivity contribution in [3.05, 3.63) is 24.0 Å². The molecule has 0 aromatic carbocycles. The molecule has 4 nitrogen and oxygen atoms in total. The highest BCUT2D eigenvalue weighted by Gasteiger charge is 2.29. The molecule has 1 saturated carbocycles. The molecule has 4 heteroatoms. The summed E-state index contributed by atoms with van der Waals surface area (Å²) in [6.07, 6.45) is 12.1. The molecular formula is C17H23N3O.